The number of nitro benzene ring substituents is 1. The van der Waals surface area contributed by atoms with Gasteiger partial charge in [-0.05, 0) is 43.3 Å². The van der Waals surface area contributed by atoms with Gasteiger partial charge in [-0.3, -0.25) is 14.9 Å². The van der Waals surface area contributed by atoms with Crippen LogP contribution < -0.4 is 9.64 Å². The fourth-order valence-corrected chi connectivity index (χ4v) is 2.29. The normalized spacial score (nSPS) is 10.3. The highest BCUT2D eigenvalue weighted by Gasteiger charge is 2.19. The summed E-state index contributed by atoms with van der Waals surface area (Å²) in [6.45, 7) is 2.18. The number of likely N-dealkylation sites (N-methyl/N-ethyl adjacent to an activating group) is 1. The maximum Gasteiger partial charge on any atom is 0.293 e. The van der Waals surface area contributed by atoms with Crippen LogP contribution in [0.3, 0.4) is 0 Å². The summed E-state index contributed by atoms with van der Waals surface area (Å²) in [5.41, 5.74) is 0.651. The van der Waals surface area contributed by atoms with E-state index in [1.54, 1.807) is 48.3 Å². The highest BCUT2D eigenvalue weighted by molar-refractivity contribution is 6.30. The van der Waals surface area contributed by atoms with Crippen LogP contribution in [-0.4, -0.2) is 30.9 Å². The maximum atomic E-state index is 11.4. The molecule has 0 fully saturated rings. The van der Waals surface area contributed by atoms with E-state index in [2.05, 4.69) is 0 Å². The Labute approximate surface area is 144 Å². The number of benzene rings is 2. The maximum absolute atomic E-state index is 11.4. The molecule has 0 N–H and O–H groups in total. The van der Waals surface area contributed by atoms with E-state index >= 15 is 0 Å². The molecule has 2 rings (SSSR count). The highest BCUT2D eigenvalue weighted by atomic mass is 35.5. The minimum atomic E-state index is -0.488. The molecule has 0 saturated heterocycles. The van der Waals surface area contributed by atoms with Gasteiger partial charge in [0, 0.05) is 23.7 Å². The molecule has 0 aliphatic carbocycles. The molecule has 24 heavy (non-hydrogen) atoms. The summed E-state index contributed by atoms with van der Waals surface area (Å²) < 4.78 is 5.59. The van der Waals surface area contributed by atoms with Gasteiger partial charge in [-0.1, -0.05) is 11.6 Å². The second-order valence-electron chi connectivity index (χ2n) is 5.24. The zero-order valence-electron chi connectivity index (χ0n) is 13.4. The van der Waals surface area contributed by atoms with E-state index in [0.717, 1.165) is 0 Å². The average Bonchev–Trinajstić information content (AvgIpc) is 2.55. The first-order valence-electron chi connectivity index (χ1n) is 7.27. The number of ether oxygens (including phenoxy) is 1. The quantitative estimate of drug-likeness (QED) is 0.430. The number of halogens is 1. The summed E-state index contributed by atoms with van der Waals surface area (Å²) in [7, 11) is 1.74. The number of carbonyl (C=O) groups is 1. The first-order valence-corrected chi connectivity index (χ1v) is 7.65. The molecule has 0 aliphatic rings. The Bertz CT molecular complexity index is 747. The van der Waals surface area contributed by atoms with Crippen molar-refractivity contribution in [2.75, 3.05) is 25.1 Å². The molecule has 6 nitrogen and oxygen atoms in total. The van der Waals surface area contributed by atoms with Crippen LogP contribution in [0, 0.1) is 10.1 Å². The molecule has 126 valence electrons. The lowest BCUT2D eigenvalue weighted by Gasteiger charge is -2.19. The van der Waals surface area contributed by atoms with E-state index in [1.807, 2.05) is 0 Å². The molecule has 0 unspecified atom stereocenters. The molecule has 0 bridgehead atoms. The van der Waals surface area contributed by atoms with Crippen molar-refractivity contribution in [2.24, 2.45) is 0 Å². The molecule has 7 heteroatoms. The van der Waals surface area contributed by atoms with Crippen molar-refractivity contribution in [3.05, 3.63) is 63.2 Å². The zero-order chi connectivity index (χ0) is 17.7. The lowest BCUT2D eigenvalue weighted by Crippen LogP contribution is -2.24. The van der Waals surface area contributed by atoms with Gasteiger partial charge in [0.25, 0.3) is 5.69 Å². The minimum absolute atomic E-state index is 0.100. The van der Waals surface area contributed by atoms with Crippen molar-refractivity contribution in [2.45, 2.75) is 6.92 Å². The highest BCUT2D eigenvalue weighted by Crippen LogP contribution is 2.28. The van der Waals surface area contributed by atoms with Crippen molar-refractivity contribution >= 4 is 28.8 Å². The molecular weight excluding hydrogens is 332 g/mol. The number of carbonyl (C=O) groups excluding carboxylic acids is 1. The molecular formula is C17H17ClN2O4. The van der Waals surface area contributed by atoms with Crippen LogP contribution in [0.2, 0.25) is 5.02 Å². The topological polar surface area (TPSA) is 72.7 Å². The number of nitro groups is 1. The summed E-state index contributed by atoms with van der Waals surface area (Å²) in [4.78, 5) is 23.9. The third-order valence-corrected chi connectivity index (χ3v) is 3.75. The van der Waals surface area contributed by atoms with Crippen molar-refractivity contribution in [3.8, 4) is 5.75 Å². The molecule has 0 radical (unpaired) electrons. The van der Waals surface area contributed by atoms with Crippen LogP contribution in [0.1, 0.15) is 17.3 Å². The van der Waals surface area contributed by atoms with Crippen LogP contribution in [0.25, 0.3) is 0 Å². The van der Waals surface area contributed by atoms with Gasteiger partial charge in [-0.2, -0.15) is 0 Å². The molecule has 2 aromatic rings. The molecule has 0 atom stereocenters. The van der Waals surface area contributed by atoms with Crippen molar-refractivity contribution < 1.29 is 14.5 Å². The number of rotatable bonds is 7. The zero-order valence-corrected chi connectivity index (χ0v) is 14.1. The fraction of sp³-hybridized carbons (Fsp3) is 0.235. The Kier molecular flexibility index (Phi) is 5.76. The molecule has 0 saturated carbocycles. The Hall–Kier alpha value is -2.60. The van der Waals surface area contributed by atoms with E-state index in [-0.39, 0.29) is 11.5 Å². The standard InChI is InChI=1S/C17H17ClN2O4/c1-12(21)13-3-8-16(17(11-13)20(22)23)19(2)9-10-24-15-6-4-14(18)5-7-15/h3-8,11H,9-10H2,1-2H3. The smallest absolute Gasteiger partial charge is 0.293 e. The van der Waals surface area contributed by atoms with E-state index in [4.69, 9.17) is 16.3 Å². The summed E-state index contributed by atoms with van der Waals surface area (Å²) in [6.07, 6.45) is 0. The fourth-order valence-electron chi connectivity index (χ4n) is 2.16. The molecule has 0 aromatic heterocycles. The van der Waals surface area contributed by atoms with Crippen LogP contribution in [-0.2, 0) is 0 Å². The second kappa shape index (κ2) is 7.79. The molecule has 0 aliphatic heterocycles. The van der Waals surface area contributed by atoms with E-state index in [9.17, 15) is 14.9 Å². The van der Waals surface area contributed by atoms with Gasteiger partial charge in [-0.15, -0.1) is 0 Å². The molecule has 0 heterocycles. The lowest BCUT2D eigenvalue weighted by atomic mass is 10.1. The third-order valence-electron chi connectivity index (χ3n) is 3.50. The predicted octanol–water partition coefficient (Wildman–Crippen LogP) is 3.97. The lowest BCUT2D eigenvalue weighted by molar-refractivity contribution is -0.384. The summed E-state index contributed by atoms with van der Waals surface area (Å²) in [5, 5.41) is 11.9. The molecule has 0 amide bonds. The Morgan fingerprint density at radius 1 is 1.25 bits per heavy atom. The van der Waals surface area contributed by atoms with Crippen molar-refractivity contribution in [1.82, 2.24) is 0 Å². The largest absolute Gasteiger partial charge is 0.492 e. The van der Waals surface area contributed by atoms with Crippen LogP contribution in [0.4, 0.5) is 11.4 Å². The van der Waals surface area contributed by atoms with E-state index < -0.39 is 4.92 Å². The molecule has 2 aromatic carbocycles. The van der Waals surface area contributed by atoms with E-state index in [0.29, 0.717) is 35.2 Å². The van der Waals surface area contributed by atoms with Crippen molar-refractivity contribution in [3.63, 3.8) is 0 Å². The second-order valence-corrected chi connectivity index (χ2v) is 5.68. The Morgan fingerprint density at radius 2 is 1.92 bits per heavy atom. The monoisotopic (exact) mass is 348 g/mol. The number of Topliss-reactive ketones (excluding diaryl/α,β-unsaturated/α-hetero) is 1. The van der Waals surface area contributed by atoms with Gasteiger partial charge < -0.3 is 9.64 Å². The number of ketones is 1. The van der Waals surface area contributed by atoms with Gasteiger partial charge in [0.1, 0.15) is 18.0 Å². The first kappa shape index (κ1) is 17.7. The average molecular weight is 349 g/mol. The van der Waals surface area contributed by atoms with Gasteiger partial charge in [0.15, 0.2) is 5.78 Å². The summed E-state index contributed by atoms with van der Waals surface area (Å²) >= 11 is 5.81. The predicted molar refractivity (Wildman–Crippen MR) is 93.3 cm³/mol. The SMILES string of the molecule is CC(=O)c1ccc(N(C)CCOc2ccc(Cl)cc2)c([N+](=O)[O-])c1. The van der Waals surface area contributed by atoms with Gasteiger partial charge in [0.05, 0.1) is 11.5 Å². The van der Waals surface area contributed by atoms with Gasteiger partial charge in [-0.25, -0.2) is 0 Å². The number of nitrogens with zero attached hydrogens (tertiary/aromatic N) is 2. The Morgan fingerprint density at radius 3 is 2.50 bits per heavy atom. The van der Waals surface area contributed by atoms with Crippen molar-refractivity contribution in [1.29, 1.82) is 0 Å². The summed E-state index contributed by atoms with van der Waals surface area (Å²) in [5.74, 6) is 0.465. The first-order chi connectivity index (χ1) is 11.4. The van der Waals surface area contributed by atoms with Gasteiger partial charge in [0.2, 0.25) is 0 Å². The number of hydrogen-bond acceptors (Lipinski definition) is 5. The third kappa shape index (κ3) is 4.45. The van der Waals surface area contributed by atoms with Crippen LogP contribution in [0.5, 0.6) is 5.75 Å². The Balaban J connectivity index is 2.05. The molecule has 0 spiro atoms. The number of hydrogen-bond donors (Lipinski definition) is 0. The summed E-state index contributed by atoms with van der Waals surface area (Å²) in [6, 6.07) is 11.4. The van der Waals surface area contributed by atoms with Crippen LogP contribution >= 0.6 is 11.6 Å². The minimum Gasteiger partial charge on any atom is -0.492 e. The van der Waals surface area contributed by atoms with Gasteiger partial charge >= 0.3 is 0 Å². The number of anilines is 1. The van der Waals surface area contributed by atoms with Crippen LogP contribution in [0.15, 0.2) is 42.5 Å². The van der Waals surface area contributed by atoms with E-state index in [1.165, 1.54) is 13.0 Å².